The van der Waals surface area contributed by atoms with Crippen LogP contribution in [-0.4, -0.2) is 21.8 Å². The van der Waals surface area contributed by atoms with Gasteiger partial charge in [0.1, 0.15) is 11.1 Å². The van der Waals surface area contributed by atoms with Crippen molar-refractivity contribution in [3.05, 3.63) is 47.5 Å². The highest BCUT2D eigenvalue weighted by molar-refractivity contribution is 7.99. The Labute approximate surface area is 133 Å². The third kappa shape index (κ3) is 4.02. The summed E-state index contributed by atoms with van der Waals surface area (Å²) in [5.41, 5.74) is -1.31. The molecule has 0 atom stereocenters. The van der Waals surface area contributed by atoms with E-state index in [2.05, 4.69) is 4.98 Å². The van der Waals surface area contributed by atoms with E-state index in [0.717, 1.165) is 6.07 Å². The predicted molar refractivity (Wildman–Crippen MR) is 77.7 cm³/mol. The van der Waals surface area contributed by atoms with Crippen LogP contribution in [0.3, 0.4) is 0 Å². The maximum absolute atomic E-state index is 13.2. The summed E-state index contributed by atoms with van der Waals surface area (Å²) < 4.78 is 39.6. The number of aliphatic carboxylic acids is 1. The maximum atomic E-state index is 13.2. The maximum Gasteiger partial charge on any atom is 0.417 e. The Balaban J connectivity index is 2.64. The van der Waals surface area contributed by atoms with Gasteiger partial charge in [0.25, 0.3) is 0 Å². The molecular formula is C15H9F3N2O2S. The molecule has 0 aliphatic heterocycles. The van der Waals surface area contributed by atoms with Crippen LogP contribution in [0.5, 0.6) is 0 Å². The average molecular weight is 338 g/mol. The van der Waals surface area contributed by atoms with Crippen molar-refractivity contribution in [2.24, 2.45) is 0 Å². The molecule has 0 spiro atoms. The number of alkyl halides is 3. The van der Waals surface area contributed by atoms with E-state index in [1.807, 2.05) is 0 Å². The summed E-state index contributed by atoms with van der Waals surface area (Å²) in [4.78, 5) is 14.7. The van der Waals surface area contributed by atoms with Gasteiger partial charge < -0.3 is 5.11 Å². The molecule has 0 aliphatic rings. The Morgan fingerprint density at radius 2 is 1.96 bits per heavy atom. The van der Waals surface area contributed by atoms with E-state index in [0.29, 0.717) is 17.3 Å². The van der Waals surface area contributed by atoms with Gasteiger partial charge in [-0.3, -0.25) is 4.79 Å². The molecule has 2 aromatic rings. The number of carboxylic acids is 1. The smallest absolute Gasteiger partial charge is 0.417 e. The summed E-state index contributed by atoms with van der Waals surface area (Å²) in [5.74, 6) is -1.70. The molecule has 23 heavy (non-hydrogen) atoms. The Bertz CT molecular complexity index is 771. The zero-order chi connectivity index (χ0) is 17.0. The first kappa shape index (κ1) is 16.8. The molecule has 0 fully saturated rings. The molecule has 0 aliphatic carbocycles. The third-order valence-corrected chi connectivity index (χ3v) is 3.77. The number of nitriles is 1. The van der Waals surface area contributed by atoms with Crippen molar-refractivity contribution in [3.8, 4) is 17.3 Å². The van der Waals surface area contributed by atoms with E-state index in [1.54, 1.807) is 30.3 Å². The van der Waals surface area contributed by atoms with Gasteiger partial charge in [-0.05, 0) is 6.07 Å². The van der Waals surface area contributed by atoms with E-state index in [9.17, 15) is 18.0 Å². The highest BCUT2D eigenvalue weighted by atomic mass is 32.2. The second-order valence-electron chi connectivity index (χ2n) is 4.39. The van der Waals surface area contributed by atoms with Crippen LogP contribution in [0.15, 0.2) is 41.4 Å². The van der Waals surface area contributed by atoms with Crippen LogP contribution >= 0.6 is 11.8 Å². The molecule has 4 nitrogen and oxygen atoms in total. The number of benzene rings is 1. The second kappa shape index (κ2) is 6.71. The minimum Gasteiger partial charge on any atom is -0.481 e. The molecule has 0 bridgehead atoms. The monoisotopic (exact) mass is 338 g/mol. The topological polar surface area (TPSA) is 74.0 Å². The van der Waals surface area contributed by atoms with Crippen LogP contribution < -0.4 is 0 Å². The van der Waals surface area contributed by atoms with E-state index in [1.165, 1.54) is 6.07 Å². The fourth-order valence-electron chi connectivity index (χ4n) is 1.84. The summed E-state index contributed by atoms with van der Waals surface area (Å²) >= 11 is 0.586. The summed E-state index contributed by atoms with van der Waals surface area (Å²) in [6.45, 7) is 0. The molecular weight excluding hydrogens is 329 g/mol. The van der Waals surface area contributed by atoms with Crippen LogP contribution in [0.2, 0.25) is 0 Å². The van der Waals surface area contributed by atoms with Gasteiger partial charge in [-0.25, -0.2) is 4.98 Å². The molecule has 0 amide bonds. The lowest BCUT2D eigenvalue weighted by Crippen LogP contribution is -2.11. The van der Waals surface area contributed by atoms with Crippen molar-refractivity contribution in [1.82, 2.24) is 4.98 Å². The fourth-order valence-corrected chi connectivity index (χ4v) is 2.57. The quantitative estimate of drug-likeness (QED) is 0.858. The molecule has 1 aromatic heterocycles. The normalized spacial score (nSPS) is 11.0. The molecule has 2 rings (SSSR count). The van der Waals surface area contributed by atoms with Crippen molar-refractivity contribution in [2.45, 2.75) is 11.2 Å². The van der Waals surface area contributed by atoms with Crippen LogP contribution in [0.4, 0.5) is 13.2 Å². The second-order valence-corrected chi connectivity index (χ2v) is 5.36. The number of nitrogens with zero attached hydrogens (tertiary/aromatic N) is 2. The van der Waals surface area contributed by atoms with Crippen molar-refractivity contribution in [1.29, 1.82) is 5.26 Å². The zero-order valence-electron chi connectivity index (χ0n) is 11.5. The van der Waals surface area contributed by atoms with Gasteiger partial charge in [-0.2, -0.15) is 18.4 Å². The number of hydrogen-bond acceptors (Lipinski definition) is 4. The van der Waals surface area contributed by atoms with E-state index in [-0.39, 0.29) is 10.7 Å². The Morgan fingerprint density at radius 3 is 2.48 bits per heavy atom. The van der Waals surface area contributed by atoms with Crippen LogP contribution in [0, 0.1) is 11.3 Å². The molecule has 118 valence electrons. The Morgan fingerprint density at radius 1 is 1.30 bits per heavy atom. The lowest BCUT2D eigenvalue weighted by atomic mass is 10.1. The Kier molecular flexibility index (Phi) is 4.91. The van der Waals surface area contributed by atoms with E-state index < -0.39 is 29.0 Å². The SMILES string of the molecule is N#Cc1c(C(F)(F)F)cc(-c2ccccc2)nc1SCC(=O)O. The van der Waals surface area contributed by atoms with Gasteiger partial charge in [-0.15, -0.1) is 0 Å². The Hall–Kier alpha value is -2.53. The van der Waals surface area contributed by atoms with Crippen LogP contribution in [0.1, 0.15) is 11.1 Å². The molecule has 1 heterocycles. The van der Waals surface area contributed by atoms with Crippen molar-refractivity contribution < 1.29 is 23.1 Å². The van der Waals surface area contributed by atoms with E-state index >= 15 is 0 Å². The zero-order valence-corrected chi connectivity index (χ0v) is 12.3. The van der Waals surface area contributed by atoms with Crippen molar-refractivity contribution >= 4 is 17.7 Å². The van der Waals surface area contributed by atoms with Gasteiger partial charge in [-0.1, -0.05) is 42.1 Å². The number of pyridine rings is 1. The van der Waals surface area contributed by atoms with Gasteiger partial charge in [0, 0.05) is 5.56 Å². The number of halogens is 3. The number of rotatable bonds is 4. The molecule has 0 saturated carbocycles. The molecule has 1 aromatic carbocycles. The van der Waals surface area contributed by atoms with Crippen LogP contribution in [0.25, 0.3) is 11.3 Å². The number of carbonyl (C=O) groups is 1. The average Bonchev–Trinajstić information content (AvgIpc) is 2.51. The number of thioether (sulfide) groups is 1. The van der Waals surface area contributed by atoms with Crippen molar-refractivity contribution in [3.63, 3.8) is 0 Å². The standard InChI is InChI=1S/C15H9F3N2O2S/c16-15(17,18)11-6-12(9-4-2-1-3-5-9)20-14(10(11)7-19)23-8-13(21)22/h1-6H,8H2,(H,21,22). The number of aromatic nitrogens is 1. The van der Waals surface area contributed by atoms with Gasteiger partial charge in [0.15, 0.2) is 0 Å². The predicted octanol–water partition coefficient (Wildman–Crippen LogP) is 3.82. The summed E-state index contributed by atoms with van der Waals surface area (Å²) in [7, 11) is 0. The molecule has 0 radical (unpaired) electrons. The van der Waals surface area contributed by atoms with Gasteiger partial charge in [0.2, 0.25) is 0 Å². The van der Waals surface area contributed by atoms with E-state index in [4.69, 9.17) is 10.4 Å². The lowest BCUT2D eigenvalue weighted by molar-refractivity contribution is -0.138. The van der Waals surface area contributed by atoms with Crippen LogP contribution in [-0.2, 0) is 11.0 Å². The van der Waals surface area contributed by atoms with Crippen molar-refractivity contribution in [2.75, 3.05) is 5.75 Å². The summed E-state index contributed by atoms with van der Waals surface area (Å²) in [6.07, 6.45) is -4.74. The summed E-state index contributed by atoms with van der Waals surface area (Å²) in [5, 5.41) is 17.5. The first-order chi connectivity index (χ1) is 10.8. The molecule has 0 saturated heterocycles. The third-order valence-electron chi connectivity index (χ3n) is 2.81. The fraction of sp³-hybridized carbons (Fsp3) is 0.133. The number of carboxylic acid groups (broad SMARTS) is 1. The first-order valence-corrected chi connectivity index (χ1v) is 7.24. The lowest BCUT2D eigenvalue weighted by Gasteiger charge is -2.13. The molecule has 8 heteroatoms. The highest BCUT2D eigenvalue weighted by Gasteiger charge is 2.36. The number of hydrogen-bond donors (Lipinski definition) is 1. The highest BCUT2D eigenvalue weighted by Crippen LogP contribution is 2.37. The van der Waals surface area contributed by atoms with Gasteiger partial charge >= 0.3 is 12.1 Å². The largest absolute Gasteiger partial charge is 0.481 e. The summed E-state index contributed by atoms with van der Waals surface area (Å²) in [6, 6.07) is 10.4. The first-order valence-electron chi connectivity index (χ1n) is 6.25. The van der Waals surface area contributed by atoms with Gasteiger partial charge in [0.05, 0.1) is 22.6 Å². The minimum absolute atomic E-state index is 0.0322. The molecule has 1 N–H and O–H groups in total. The molecule has 0 unspecified atom stereocenters. The minimum atomic E-state index is -4.74.